The molecule has 0 radical (unpaired) electrons. The van der Waals surface area contributed by atoms with E-state index in [-0.39, 0.29) is 16.9 Å². The molecule has 0 heterocycles. The zero-order chi connectivity index (χ0) is 16.7. The van der Waals surface area contributed by atoms with Crippen molar-refractivity contribution in [1.29, 1.82) is 0 Å². The van der Waals surface area contributed by atoms with E-state index in [9.17, 15) is 10.2 Å². The highest BCUT2D eigenvalue weighted by atomic mass is 79.9. The van der Waals surface area contributed by atoms with Crippen LogP contribution in [-0.4, -0.2) is 10.2 Å². The fourth-order valence-electron chi connectivity index (χ4n) is 2.34. The second-order valence-electron chi connectivity index (χ2n) is 5.26. The summed E-state index contributed by atoms with van der Waals surface area (Å²) in [6.45, 7) is 4.26. The van der Waals surface area contributed by atoms with Gasteiger partial charge in [-0.1, -0.05) is 13.8 Å². The number of phenols is 2. The van der Waals surface area contributed by atoms with Gasteiger partial charge >= 0.3 is 0 Å². The van der Waals surface area contributed by atoms with E-state index in [0.717, 1.165) is 17.5 Å². The number of benzene rings is 2. The van der Waals surface area contributed by atoms with Crippen molar-refractivity contribution in [3.05, 3.63) is 53.3 Å². The van der Waals surface area contributed by atoms with Crippen molar-refractivity contribution >= 4 is 63.7 Å². The Morgan fingerprint density at radius 2 is 1.05 bits per heavy atom. The minimum atomic E-state index is -0.266. The molecule has 2 nitrogen and oxygen atoms in total. The number of hydrogen-bond acceptors (Lipinski definition) is 2. The van der Waals surface area contributed by atoms with Crippen LogP contribution in [0.4, 0.5) is 0 Å². The van der Waals surface area contributed by atoms with Gasteiger partial charge in [0.05, 0.1) is 17.9 Å². The van der Waals surface area contributed by atoms with Crippen LogP contribution in [0.3, 0.4) is 0 Å². The van der Waals surface area contributed by atoms with Gasteiger partial charge in [0.1, 0.15) is 11.5 Å². The maximum absolute atomic E-state index is 9.92. The molecule has 22 heavy (non-hydrogen) atoms. The van der Waals surface area contributed by atoms with Crippen LogP contribution in [0.2, 0.25) is 0 Å². The van der Waals surface area contributed by atoms with E-state index in [2.05, 4.69) is 77.6 Å². The predicted molar refractivity (Wildman–Crippen MR) is 104 cm³/mol. The van der Waals surface area contributed by atoms with E-state index in [1.807, 2.05) is 24.3 Å². The Labute approximate surface area is 163 Å². The first kappa shape index (κ1) is 18.3. The molecule has 0 aromatic heterocycles. The van der Waals surface area contributed by atoms with Gasteiger partial charge in [0.25, 0.3) is 0 Å². The fraction of sp³-hybridized carbons (Fsp3) is 0.250. The van der Waals surface area contributed by atoms with Crippen molar-refractivity contribution in [3.63, 3.8) is 0 Å². The fourth-order valence-corrected chi connectivity index (χ4v) is 4.72. The van der Waals surface area contributed by atoms with E-state index < -0.39 is 0 Å². The van der Waals surface area contributed by atoms with Crippen LogP contribution in [-0.2, 0) is 5.41 Å². The maximum atomic E-state index is 9.92. The van der Waals surface area contributed by atoms with Gasteiger partial charge in [0, 0.05) is 5.41 Å². The highest BCUT2D eigenvalue weighted by Gasteiger charge is 2.29. The summed E-state index contributed by atoms with van der Waals surface area (Å²) in [6.07, 6.45) is 0.861. The smallest absolute Gasteiger partial charge is 0.143 e. The lowest BCUT2D eigenvalue weighted by molar-refractivity contribution is 0.464. The molecule has 2 aromatic rings. The number of phenolic OH excluding ortho intramolecular Hbond substituents is 2. The van der Waals surface area contributed by atoms with Gasteiger partial charge in [-0.25, -0.2) is 0 Å². The second kappa shape index (κ2) is 6.83. The van der Waals surface area contributed by atoms with Gasteiger partial charge < -0.3 is 10.2 Å². The molecule has 0 aliphatic heterocycles. The van der Waals surface area contributed by atoms with E-state index in [1.165, 1.54) is 0 Å². The highest BCUT2D eigenvalue weighted by Crippen LogP contribution is 2.44. The van der Waals surface area contributed by atoms with Crippen molar-refractivity contribution in [2.45, 2.75) is 25.7 Å². The van der Waals surface area contributed by atoms with E-state index in [0.29, 0.717) is 17.9 Å². The summed E-state index contributed by atoms with van der Waals surface area (Å²) < 4.78 is 2.59. The summed E-state index contributed by atoms with van der Waals surface area (Å²) in [5.74, 6) is 0.380. The van der Waals surface area contributed by atoms with Gasteiger partial charge in [0.2, 0.25) is 0 Å². The number of rotatable bonds is 3. The summed E-state index contributed by atoms with van der Waals surface area (Å²) in [5.41, 5.74) is 1.87. The monoisotopic (exact) mass is 554 g/mol. The Morgan fingerprint density at radius 1 is 0.773 bits per heavy atom. The Hall–Kier alpha value is -0.0400. The maximum Gasteiger partial charge on any atom is 0.143 e. The van der Waals surface area contributed by atoms with Crippen LogP contribution in [0.1, 0.15) is 31.4 Å². The number of halogens is 4. The summed E-state index contributed by atoms with van der Waals surface area (Å²) in [4.78, 5) is 0. The summed E-state index contributed by atoms with van der Waals surface area (Å²) in [5, 5.41) is 19.8. The molecule has 2 aromatic carbocycles. The third-order valence-corrected chi connectivity index (χ3v) is 6.43. The van der Waals surface area contributed by atoms with Crippen LogP contribution in [0, 0.1) is 0 Å². The minimum absolute atomic E-state index is 0.190. The van der Waals surface area contributed by atoms with Crippen LogP contribution >= 0.6 is 63.7 Å². The Balaban J connectivity index is 2.68. The van der Waals surface area contributed by atoms with Crippen molar-refractivity contribution < 1.29 is 10.2 Å². The molecular weight excluding hydrogens is 544 g/mol. The molecule has 0 saturated carbocycles. The molecule has 0 bridgehead atoms. The average Bonchev–Trinajstić information content (AvgIpc) is 2.48. The molecule has 2 rings (SSSR count). The molecule has 0 saturated heterocycles. The van der Waals surface area contributed by atoms with Crippen LogP contribution in [0.25, 0.3) is 0 Å². The van der Waals surface area contributed by atoms with Crippen molar-refractivity contribution in [3.8, 4) is 11.5 Å². The van der Waals surface area contributed by atoms with Crippen LogP contribution < -0.4 is 0 Å². The molecule has 0 aliphatic rings. The molecule has 0 spiro atoms. The molecule has 0 atom stereocenters. The lowest BCUT2D eigenvalue weighted by Crippen LogP contribution is -2.22. The van der Waals surface area contributed by atoms with Crippen LogP contribution in [0.5, 0.6) is 11.5 Å². The topological polar surface area (TPSA) is 40.5 Å². The molecule has 2 N–H and O–H groups in total. The Bertz CT molecular complexity index is 625. The first-order valence-electron chi connectivity index (χ1n) is 6.57. The summed E-state index contributed by atoms with van der Waals surface area (Å²) in [7, 11) is 0. The molecule has 0 unspecified atom stereocenters. The quantitative estimate of drug-likeness (QED) is 0.433. The average molecular weight is 558 g/mol. The van der Waals surface area contributed by atoms with Crippen molar-refractivity contribution in [2.24, 2.45) is 0 Å². The van der Waals surface area contributed by atoms with E-state index in [4.69, 9.17) is 0 Å². The van der Waals surface area contributed by atoms with E-state index in [1.54, 1.807) is 0 Å². The summed E-state index contributed by atoms with van der Waals surface area (Å²) >= 11 is 13.6. The normalized spacial score (nSPS) is 11.7. The molecule has 118 valence electrons. The zero-order valence-electron chi connectivity index (χ0n) is 11.9. The highest BCUT2D eigenvalue weighted by molar-refractivity contribution is 9.11. The lowest BCUT2D eigenvalue weighted by atomic mass is 9.74. The molecule has 0 aliphatic carbocycles. The minimum Gasteiger partial charge on any atom is -0.506 e. The zero-order valence-corrected chi connectivity index (χ0v) is 18.3. The number of aromatic hydroxyl groups is 2. The van der Waals surface area contributed by atoms with E-state index >= 15 is 0 Å². The lowest BCUT2D eigenvalue weighted by Gasteiger charge is -2.31. The van der Waals surface area contributed by atoms with Gasteiger partial charge in [-0.3, -0.25) is 0 Å². The predicted octanol–water partition coefficient (Wildman–Crippen LogP) is 6.86. The van der Waals surface area contributed by atoms with Crippen molar-refractivity contribution in [2.75, 3.05) is 0 Å². The SMILES string of the molecule is CCC(C)(c1cc(Br)c(O)c(Br)c1)c1cc(Br)c(O)c(Br)c1. The van der Waals surface area contributed by atoms with Gasteiger partial charge in [0.15, 0.2) is 0 Å². The molecule has 0 fully saturated rings. The molecule has 0 amide bonds. The van der Waals surface area contributed by atoms with Crippen molar-refractivity contribution in [1.82, 2.24) is 0 Å². The van der Waals surface area contributed by atoms with Gasteiger partial charge in [-0.05, 0) is 106 Å². The molecular formula is C16H14Br4O2. The first-order valence-corrected chi connectivity index (χ1v) is 9.75. The summed E-state index contributed by atoms with van der Waals surface area (Å²) in [6, 6.07) is 7.72. The number of hydrogen-bond donors (Lipinski definition) is 2. The largest absolute Gasteiger partial charge is 0.506 e. The Morgan fingerprint density at radius 3 is 1.27 bits per heavy atom. The first-order chi connectivity index (χ1) is 10.2. The standard InChI is InChI=1S/C16H14Br4O2/c1-3-16(2,8-4-10(17)14(21)11(18)5-8)9-6-12(19)15(22)13(20)7-9/h4-7,21-22H,3H2,1-2H3. The van der Waals surface area contributed by atoms with Gasteiger partial charge in [-0.2, -0.15) is 0 Å². The third kappa shape index (κ3) is 3.25. The van der Waals surface area contributed by atoms with Crippen LogP contribution in [0.15, 0.2) is 42.2 Å². The third-order valence-electron chi connectivity index (χ3n) is 4.02. The Kier molecular flexibility index (Phi) is 5.68. The molecule has 6 heteroatoms. The second-order valence-corrected chi connectivity index (χ2v) is 8.68. The van der Waals surface area contributed by atoms with Gasteiger partial charge in [-0.15, -0.1) is 0 Å².